The fourth-order valence-corrected chi connectivity index (χ4v) is 1.71. The van der Waals surface area contributed by atoms with E-state index in [1.165, 1.54) is 6.33 Å². The van der Waals surface area contributed by atoms with Crippen LogP contribution in [-0.2, 0) is 4.79 Å². The summed E-state index contributed by atoms with van der Waals surface area (Å²) >= 11 is 0. The first-order valence-electron chi connectivity index (χ1n) is 5.69. The van der Waals surface area contributed by atoms with E-state index in [1.807, 2.05) is 19.9 Å². The van der Waals surface area contributed by atoms with E-state index in [-0.39, 0.29) is 12.3 Å². The molecule has 2 aromatic rings. The van der Waals surface area contributed by atoms with Crippen LogP contribution in [-0.4, -0.2) is 37.2 Å². The fraction of sp³-hybridized carbons (Fsp3) is 0.455. The van der Waals surface area contributed by atoms with Crippen molar-refractivity contribution < 1.29 is 9.90 Å². The molecule has 2 rings (SSSR count). The highest BCUT2D eigenvalue weighted by molar-refractivity contribution is 5.67. The molecule has 0 aliphatic carbocycles. The number of aromatic nitrogens is 4. The average molecular weight is 249 g/mol. The zero-order chi connectivity index (χ0) is 13.1. The molecule has 0 aliphatic heterocycles. The summed E-state index contributed by atoms with van der Waals surface area (Å²) < 4.78 is 1.60. The van der Waals surface area contributed by atoms with Crippen LogP contribution in [0.5, 0.6) is 0 Å². The zero-order valence-corrected chi connectivity index (χ0v) is 10.3. The van der Waals surface area contributed by atoms with Gasteiger partial charge in [-0.1, -0.05) is 6.92 Å². The van der Waals surface area contributed by atoms with Gasteiger partial charge in [-0.2, -0.15) is 14.6 Å². The van der Waals surface area contributed by atoms with Crippen LogP contribution < -0.4 is 5.32 Å². The fourth-order valence-electron chi connectivity index (χ4n) is 1.71. The molecule has 0 bridgehead atoms. The van der Waals surface area contributed by atoms with Crippen molar-refractivity contribution >= 4 is 17.6 Å². The summed E-state index contributed by atoms with van der Waals surface area (Å²) in [7, 11) is 0. The number of aryl methyl sites for hydroxylation is 1. The first kappa shape index (κ1) is 12.3. The van der Waals surface area contributed by atoms with Gasteiger partial charge in [0.05, 0.1) is 0 Å². The van der Waals surface area contributed by atoms with Gasteiger partial charge in [0.15, 0.2) is 0 Å². The van der Waals surface area contributed by atoms with E-state index in [4.69, 9.17) is 5.11 Å². The lowest BCUT2D eigenvalue weighted by atomic mass is 10.1. The van der Waals surface area contributed by atoms with E-state index < -0.39 is 5.97 Å². The van der Waals surface area contributed by atoms with Crippen LogP contribution >= 0.6 is 0 Å². The maximum atomic E-state index is 10.6. The largest absolute Gasteiger partial charge is 0.481 e. The number of nitrogens with one attached hydrogen (secondary N) is 1. The van der Waals surface area contributed by atoms with Crippen molar-refractivity contribution in [3.63, 3.8) is 0 Å². The highest BCUT2D eigenvalue weighted by atomic mass is 16.4. The van der Waals surface area contributed by atoms with E-state index in [1.54, 1.807) is 4.52 Å². The molecule has 0 radical (unpaired) electrons. The summed E-state index contributed by atoms with van der Waals surface area (Å²) in [5.74, 6) is 0.547. The number of carboxylic acid groups (broad SMARTS) is 1. The Hall–Kier alpha value is -2.18. The summed E-state index contributed by atoms with van der Waals surface area (Å²) in [5, 5.41) is 15.9. The predicted molar refractivity (Wildman–Crippen MR) is 65.4 cm³/mol. The lowest BCUT2D eigenvalue weighted by Crippen LogP contribution is -2.17. The Morgan fingerprint density at radius 3 is 3.11 bits per heavy atom. The number of hydrogen-bond acceptors (Lipinski definition) is 5. The molecular weight excluding hydrogens is 234 g/mol. The second-order valence-corrected chi connectivity index (χ2v) is 4.34. The van der Waals surface area contributed by atoms with Crippen molar-refractivity contribution in [2.75, 3.05) is 11.9 Å². The first-order valence-corrected chi connectivity index (χ1v) is 5.69. The van der Waals surface area contributed by atoms with Crippen LogP contribution in [0.15, 0.2) is 12.4 Å². The lowest BCUT2D eigenvalue weighted by Gasteiger charge is -2.12. The average Bonchev–Trinajstić information content (AvgIpc) is 2.72. The molecule has 0 saturated carbocycles. The number of carboxylic acids is 1. The summed E-state index contributed by atoms with van der Waals surface area (Å²) in [6, 6.07) is 1.86. The molecule has 18 heavy (non-hydrogen) atoms. The molecule has 0 fully saturated rings. The predicted octanol–water partition coefficient (Wildman–Crippen LogP) is 0.955. The van der Waals surface area contributed by atoms with Gasteiger partial charge in [0.1, 0.15) is 12.1 Å². The van der Waals surface area contributed by atoms with Crippen molar-refractivity contribution in [1.82, 2.24) is 19.6 Å². The quantitative estimate of drug-likeness (QED) is 0.819. The molecule has 7 nitrogen and oxygen atoms in total. The normalized spacial score (nSPS) is 12.6. The Morgan fingerprint density at radius 2 is 2.39 bits per heavy atom. The van der Waals surface area contributed by atoms with E-state index >= 15 is 0 Å². The highest BCUT2D eigenvalue weighted by Crippen LogP contribution is 2.11. The molecule has 2 heterocycles. The standard InChI is InChI=1S/C11H15N5O2/c1-7(3-10(17)18)5-12-9-4-8(2)15-11-13-6-14-16(9)11/h4,6-7,12H,3,5H2,1-2H3,(H,17,18). The van der Waals surface area contributed by atoms with Crippen LogP contribution in [0, 0.1) is 12.8 Å². The first-order chi connectivity index (χ1) is 8.56. The SMILES string of the molecule is Cc1cc(NCC(C)CC(=O)O)n2ncnc2n1. The van der Waals surface area contributed by atoms with Crippen LogP contribution in [0.3, 0.4) is 0 Å². The van der Waals surface area contributed by atoms with Crippen LogP contribution in [0.4, 0.5) is 5.82 Å². The topological polar surface area (TPSA) is 92.4 Å². The molecule has 0 saturated heterocycles. The van der Waals surface area contributed by atoms with Crippen molar-refractivity contribution in [3.8, 4) is 0 Å². The Morgan fingerprint density at radius 1 is 1.61 bits per heavy atom. The maximum Gasteiger partial charge on any atom is 0.303 e. The number of fused-ring (bicyclic) bond motifs is 1. The molecule has 0 aliphatic rings. The third-order valence-electron chi connectivity index (χ3n) is 2.53. The third-order valence-corrected chi connectivity index (χ3v) is 2.53. The van der Waals surface area contributed by atoms with E-state index in [9.17, 15) is 4.79 Å². The molecule has 0 aromatic carbocycles. The Labute approximate surface area is 104 Å². The number of aliphatic carboxylic acids is 1. The van der Waals surface area contributed by atoms with Crippen molar-refractivity contribution in [2.45, 2.75) is 20.3 Å². The van der Waals surface area contributed by atoms with Crippen molar-refractivity contribution in [3.05, 3.63) is 18.1 Å². The molecule has 0 amide bonds. The van der Waals surface area contributed by atoms with E-state index in [0.717, 1.165) is 11.5 Å². The van der Waals surface area contributed by atoms with Gasteiger partial charge in [0.25, 0.3) is 5.78 Å². The molecule has 1 atom stereocenters. The van der Waals surface area contributed by atoms with Gasteiger partial charge in [-0.15, -0.1) is 0 Å². The summed E-state index contributed by atoms with van der Waals surface area (Å²) in [4.78, 5) is 18.8. The lowest BCUT2D eigenvalue weighted by molar-refractivity contribution is -0.137. The second-order valence-electron chi connectivity index (χ2n) is 4.34. The Balaban J connectivity index is 2.11. The number of rotatable bonds is 5. The minimum absolute atomic E-state index is 0.0366. The molecule has 7 heteroatoms. The molecule has 1 unspecified atom stereocenters. The number of anilines is 1. The van der Waals surface area contributed by atoms with Gasteiger partial charge in [-0.3, -0.25) is 4.79 Å². The van der Waals surface area contributed by atoms with Crippen LogP contribution in [0.2, 0.25) is 0 Å². The molecule has 2 N–H and O–H groups in total. The van der Waals surface area contributed by atoms with Crippen LogP contribution in [0.1, 0.15) is 19.0 Å². The van der Waals surface area contributed by atoms with E-state index in [0.29, 0.717) is 12.3 Å². The summed E-state index contributed by atoms with van der Waals surface area (Å²) in [5.41, 5.74) is 0.837. The van der Waals surface area contributed by atoms with Gasteiger partial charge in [-0.25, -0.2) is 4.98 Å². The summed E-state index contributed by atoms with van der Waals surface area (Å²) in [6.07, 6.45) is 1.57. The zero-order valence-electron chi connectivity index (χ0n) is 10.3. The molecular formula is C11H15N5O2. The number of nitrogens with zero attached hydrogens (tertiary/aromatic N) is 4. The second kappa shape index (κ2) is 4.99. The Kier molecular flexibility index (Phi) is 3.40. The highest BCUT2D eigenvalue weighted by Gasteiger charge is 2.09. The molecule has 0 spiro atoms. The smallest absolute Gasteiger partial charge is 0.303 e. The van der Waals surface area contributed by atoms with Gasteiger partial charge < -0.3 is 10.4 Å². The molecule has 2 aromatic heterocycles. The van der Waals surface area contributed by atoms with Gasteiger partial charge in [-0.05, 0) is 12.8 Å². The minimum atomic E-state index is -0.791. The monoisotopic (exact) mass is 249 g/mol. The number of hydrogen-bond donors (Lipinski definition) is 2. The van der Waals surface area contributed by atoms with Crippen LogP contribution in [0.25, 0.3) is 5.78 Å². The van der Waals surface area contributed by atoms with Gasteiger partial charge in [0, 0.05) is 24.7 Å². The molecule has 96 valence electrons. The minimum Gasteiger partial charge on any atom is -0.481 e. The van der Waals surface area contributed by atoms with Crippen molar-refractivity contribution in [1.29, 1.82) is 0 Å². The van der Waals surface area contributed by atoms with Gasteiger partial charge in [0.2, 0.25) is 0 Å². The third kappa shape index (κ3) is 2.73. The number of carbonyl (C=O) groups is 1. The van der Waals surface area contributed by atoms with E-state index in [2.05, 4.69) is 20.4 Å². The Bertz CT molecular complexity index is 566. The summed E-state index contributed by atoms with van der Waals surface area (Å²) in [6.45, 7) is 4.32. The van der Waals surface area contributed by atoms with Gasteiger partial charge >= 0.3 is 5.97 Å². The maximum absolute atomic E-state index is 10.6. The van der Waals surface area contributed by atoms with Crippen molar-refractivity contribution in [2.24, 2.45) is 5.92 Å².